The molecule has 6 nitrogen and oxygen atoms in total. The molecular weight excluding hydrogens is 254 g/mol. The molecule has 0 aromatic carbocycles. The number of hydrogen-bond acceptors (Lipinski definition) is 3. The van der Waals surface area contributed by atoms with Crippen LogP contribution in [0.25, 0.3) is 0 Å². The van der Waals surface area contributed by atoms with Gasteiger partial charge in [0.15, 0.2) is 5.96 Å². The van der Waals surface area contributed by atoms with Gasteiger partial charge in [-0.3, -0.25) is 4.68 Å². The van der Waals surface area contributed by atoms with E-state index < -0.39 is 0 Å². The molecule has 0 aliphatic heterocycles. The molecule has 0 atom stereocenters. The predicted octanol–water partition coefficient (Wildman–Crippen LogP) is 1.31. The number of nitrogens with one attached hydrogen (secondary N) is 2. The average molecular weight is 275 g/mol. The van der Waals surface area contributed by atoms with Gasteiger partial charge >= 0.3 is 0 Å². The number of aromatic nitrogens is 2. The molecule has 20 heavy (non-hydrogen) atoms. The summed E-state index contributed by atoms with van der Waals surface area (Å²) in [6, 6.07) is 3.79. The third-order valence-electron chi connectivity index (χ3n) is 2.78. The molecule has 0 aliphatic carbocycles. The maximum Gasteiger partial charge on any atom is 0.191 e. The number of rotatable bonds is 6. The van der Waals surface area contributed by atoms with Crippen molar-refractivity contribution in [2.75, 3.05) is 13.1 Å². The Balaban J connectivity index is 1.80. The van der Waals surface area contributed by atoms with Crippen LogP contribution in [0.15, 0.2) is 40.2 Å². The maximum atomic E-state index is 5.26. The van der Waals surface area contributed by atoms with Crippen LogP contribution in [-0.2, 0) is 20.0 Å². The molecule has 0 aliphatic rings. The lowest BCUT2D eigenvalue weighted by Gasteiger charge is -2.10. The molecule has 0 radical (unpaired) electrons. The number of nitrogens with zero attached hydrogens (tertiary/aromatic N) is 3. The van der Waals surface area contributed by atoms with Crippen molar-refractivity contribution >= 4 is 5.96 Å². The monoisotopic (exact) mass is 275 g/mol. The average Bonchev–Trinajstić information content (AvgIpc) is 3.08. The highest BCUT2D eigenvalue weighted by Crippen LogP contribution is 2.01. The highest BCUT2D eigenvalue weighted by molar-refractivity contribution is 5.79. The Hall–Kier alpha value is -2.24. The zero-order valence-corrected chi connectivity index (χ0v) is 12.0. The van der Waals surface area contributed by atoms with Crippen LogP contribution < -0.4 is 10.6 Å². The summed E-state index contributed by atoms with van der Waals surface area (Å²) in [6.07, 6.45) is 6.48. The van der Waals surface area contributed by atoms with Crippen LogP contribution in [0, 0.1) is 0 Å². The van der Waals surface area contributed by atoms with E-state index >= 15 is 0 Å². The lowest BCUT2D eigenvalue weighted by Crippen LogP contribution is -2.38. The molecule has 0 saturated heterocycles. The summed E-state index contributed by atoms with van der Waals surface area (Å²) in [6.45, 7) is 4.23. The van der Waals surface area contributed by atoms with Crippen molar-refractivity contribution < 1.29 is 4.42 Å². The molecule has 0 fully saturated rings. The first-order valence-electron chi connectivity index (χ1n) is 6.80. The van der Waals surface area contributed by atoms with Crippen molar-refractivity contribution in [3.63, 3.8) is 0 Å². The molecular formula is C14H21N5O. The number of hydrogen-bond donors (Lipinski definition) is 2. The summed E-state index contributed by atoms with van der Waals surface area (Å²) in [5.41, 5.74) is 1.21. The van der Waals surface area contributed by atoms with Crippen LogP contribution in [0.3, 0.4) is 0 Å². The van der Waals surface area contributed by atoms with Crippen LogP contribution >= 0.6 is 0 Å². The van der Waals surface area contributed by atoms with Gasteiger partial charge in [-0.1, -0.05) is 0 Å². The standard InChI is InChI=1S/C14H21N5O/c1-3-15-14(17-10-13-5-4-8-20-13)16-7-6-12-9-18-19(2)11-12/h4-5,8-9,11H,3,6-7,10H2,1-2H3,(H2,15,16,17). The van der Waals surface area contributed by atoms with Crippen LogP contribution in [0.2, 0.25) is 0 Å². The molecule has 2 N–H and O–H groups in total. The fraction of sp³-hybridized carbons (Fsp3) is 0.429. The topological polar surface area (TPSA) is 67.4 Å². The molecule has 2 rings (SSSR count). The van der Waals surface area contributed by atoms with Gasteiger partial charge in [0.1, 0.15) is 12.3 Å². The van der Waals surface area contributed by atoms with Crippen molar-refractivity contribution in [2.24, 2.45) is 12.0 Å². The fourth-order valence-electron chi connectivity index (χ4n) is 1.83. The Kier molecular flexibility index (Phi) is 5.23. The van der Waals surface area contributed by atoms with Gasteiger partial charge in [0.2, 0.25) is 0 Å². The molecule has 0 bridgehead atoms. The highest BCUT2D eigenvalue weighted by Gasteiger charge is 2.00. The summed E-state index contributed by atoms with van der Waals surface area (Å²) in [4.78, 5) is 4.47. The molecule has 6 heteroatoms. The Labute approximate surface area is 118 Å². The molecule has 2 heterocycles. The first-order valence-corrected chi connectivity index (χ1v) is 6.80. The highest BCUT2D eigenvalue weighted by atomic mass is 16.3. The minimum Gasteiger partial charge on any atom is -0.467 e. The van der Waals surface area contributed by atoms with Gasteiger partial charge in [-0.25, -0.2) is 4.99 Å². The van der Waals surface area contributed by atoms with Crippen molar-refractivity contribution in [3.8, 4) is 0 Å². The zero-order valence-electron chi connectivity index (χ0n) is 12.0. The summed E-state index contributed by atoms with van der Waals surface area (Å²) in [5, 5.41) is 10.7. The van der Waals surface area contributed by atoms with E-state index in [4.69, 9.17) is 4.42 Å². The minimum absolute atomic E-state index is 0.537. The summed E-state index contributed by atoms with van der Waals surface area (Å²) >= 11 is 0. The summed E-state index contributed by atoms with van der Waals surface area (Å²) in [7, 11) is 1.92. The van der Waals surface area contributed by atoms with Gasteiger partial charge in [-0.15, -0.1) is 0 Å². The first-order chi connectivity index (χ1) is 9.78. The van der Waals surface area contributed by atoms with Gasteiger partial charge in [0.05, 0.1) is 12.5 Å². The smallest absolute Gasteiger partial charge is 0.191 e. The second kappa shape index (κ2) is 7.37. The number of aryl methyl sites for hydroxylation is 1. The van der Waals surface area contributed by atoms with Crippen molar-refractivity contribution in [1.29, 1.82) is 0 Å². The SMILES string of the molecule is CCNC(=NCc1ccco1)NCCc1cnn(C)c1. The lowest BCUT2D eigenvalue weighted by molar-refractivity contribution is 0.512. The van der Waals surface area contributed by atoms with E-state index in [0.717, 1.165) is 31.2 Å². The summed E-state index contributed by atoms with van der Waals surface area (Å²) < 4.78 is 7.08. The first kappa shape index (κ1) is 14.2. The van der Waals surface area contributed by atoms with E-state index in [1.54, 1.807) is 6.26 Å². The molecule has 108 valence electrons. The molecule has 0 saturated carbocycles. The van der Waals surface area contributed by atoms with Crippen molar-refractivity contribution in [3.05, 3.63) is 42.1 Å². The van der Waals surface area contributed by atoms with Crippen LogP contribution in [-0.4, -0.2) is 28.8 Å². The lowest BCUT2D eigenvalue weighted by atomic mass is 10.2. The van der Waals surface area contributed by atoms with Crippen LogP contribution in [0.4, 0.5) is 0 Å². The fourth-order valence-corrected chi connectivity index (χ4v) is 1.83. The third kappa shape index (κ3) is 4.46. The second-order valence-electron chi connectivity index (χ2n) is 4.47. The normalized spacial score (nSPS) is 11.6. The Bertz CT molecular complexity index is 530. The zero-order chi connectivity index (χ0) is 14.2. The maximum absolute atomic E-state index is 5.26. The largest absolute Gasteiger partial charge is 0.467 e. The van der Waals surface area contributed by atoms with Gasteiger partial charge in [-0.05, 0) is 31.0 Å². The third-order valence-corrected chi connectivity index (χ3v) is 2.78. The number of aliphatic imine (C=N–C) groups is 1. The molecule has 0 amide bonds. The van der Waals surface area contributed by atoms with Crippen LogP contribution in [0.1, 0.15) is 18.2 Å². The van der Waals surface area contributed by atoms with E-state index in [1.807, 2.05) is 43.2 Å². The summed E-state index contributed by atoms with van der Waals surface area (Å²) in [5.74, 6) is 1.65. The van der Waals surface area contributed by atoms with E-state index in [9.17, 15) is 0 Å². The molecule has 0 spiro atoms. The quantitative estimate of drug-likeness (QED) is 0.616. The van der Waals surface area contributed by atoms with E-state index in [2.05, 4.69) is 20.7 Å². The Morgan fingerprint density at radius 2 is 2.35 bits per heavy atom. The number of furan rings is 1. The minimum atomic E-state index is 0.537. The van der Waals surface area contributed by atoms with Gasteiger partial charge in [-0.2, -0.15) is 5.10 Å². The molecule has 2 aromatic heterocycles. The van der Waals surface area contributed by atoms with E-state index in [-0.39, 0.29) is 0 Å². The van der Waals surface area contributed by atoms with Crippen molar-refractivity contribution in [1.82, 2.24) is 20.4 Å². The molecule has 2 aromatic rings. The Morgan fingerprint density at radius 1 is 1.45 bits per heavy atom. The van der Waals surface area contributed by atoms with Crippen LogP contribution in [0.5, 0.6) is 0 Å². The Morgan fingerprint density at radius 3 is 3.00 bits per heavy atom. The second-order valence-corrected chi connectivity index (χ2v) is 4.47. The van der Waals surface area contributed by atoms with Crippen molar-refractivity contribution in [2.45, 2.75) is 19.9 Å². The van der Waals surface area contributed by atoms with Gasteiger partial charge in [0, 0.05) is 26.3 Å². The van der Waals surface area contributed by atoms with E-state index in [1.165, 1.54) is 5.56 Å². The van der Waals surface area contributed by atoms with Gasteiger partial charge in [0.25, 0.3) is 0 Å². The van der Waals surface area contributed by atoms with Gasteiger partial charge < -0.3 is 15.1 Å². The predicted molar refractivity (Wildman–Crippen MR) is 78.4 cm³/mol. The van der Waals surface area contributed by atoms with E-state index in [0.29, 0.717) is 6.54 Å². The number of guanidine groups is 1. The molecule has 0 unspecified atom stereocenters.